The summed E-state index contributed by atoms with van der Waals surface area (Å²) in [6, 6.07) is 0.713. The van der Waals surface area contributed by atoms with Gasteiger partial charge in [0, 0.05) is 38.4 Å². The number of aliphatic hydroxyl groups is 1. The topological polar surface area (TPSA) is 61.8 Å². The number of carbonyl (C=O) groups is 1. The fourth-order valence-corrected chi connectivity index (χ4v) is 2.84. The van der Waals surface area contributed by atoms with E-state index in [2.05, 4.69) is 12.2 Å². The molecule has 1 saturated carbocycles. The van der Waals surface area contributed by atoms with Gasteiger partial charge in [-0.2, -0.15) is 0 Å². The minimum Gasteiger partial charge on any atom is -0.396 e. The summed E-state index contributed by atoms with van der Waals surface area (Å²) >= 11 is 0. The molecule has 1 atom stereocenters. The fraction of sp³-hybridized carbons (Fsp3) is 0.933. The maximum atomic E-state index is 12.4. The van der Waals surface area contributed by atoms with Crippen LogP contribution in [0.5, 0.6) is 0 Å². The van der Waals surface area contributed by atoms with Crippen LogP contribution < -0.4 is 5.32 Å². The molecule has 1 aliphatic carbocycles. The Morgan fingerprint density at radius 3 is 2.60 bits per heavy atom. The number of rotatable bonds is 7. The van der Waals surface area contributed by atoms with Crippen LogP contribution in [0.1, 0.15) is 45.4 Å². The first-order valence-electron chi connectivity index (χ1n) is 7.98. The minimum absolute atomic E-state index is 0.0735. The molecule has 0 radical (unpaired) electrons. The highest BCUT2D eigenvalue weighted by Gasteiger charge is 2.33. The molecule has 0 bridgehead atoms. The molecule has 116 valence electrons. The van der Waals surface area contributed by atoms with Gasteiger partial charge in [-0.25, -0.2) is 4.79 Å². The molecular weight excluding hydrogens is 256 g/mol. The van der Waals surface area contributed by atoms with E-state index in [9.17, 15) is 4.79 Å². The van der Waals surface area contributed by atoms with Crippen LogP contribution in [0.4, 0.5) is 4.79 Å². The third-order valence-electron chi connectivity index (χ3n) is 4.38. The standard InChI is InChI=1S/C15H28N2O3/c1-12(13-6-10-20-11-7-13)16-15(19)17(14-4-5-14)8-2-3-9-18/h12-14,18H,2-11H2,1H3,(H,16,19). The quantitative estimate of drug-likeness (QED) is 0.700. The van der Waals surface area contributed by atoms with Crippen molar-refractivity contribution in [1.29, 1.82) is 0 Å². The summed E-state index contributed by atoms with van der Waals surface area (Å²) in [5, 5.41) is 12.0. The van der Waals surface area contributed by atoms with Crippen LogP contribution in [0, 0.1) is 5.92 Å². The number of urea groups is 1. The van der Waals surface area contributed by atoms with Crippen molar-refractivity contribution in [2.45, 2.75) is 57.5 Å². The molecule has 1 unspecified atom stereocenters. The highest BCUT2D eigenvalue weighted by Crippen LogP contribution is 2.27. The van der Waals surface area contributed by atoms with Gasteiger partial charge < -0.3 is 20.1 Å². The highest BCUT2D eigenvalue weighted by atomic mass is 16.5. The summed E-state index contributed by atoms with van der Waals surface area (Å²) < 4.78 is 5.37. The SMILES string of the molecule is CC(NC(=O)N(CCCCO)C1CC1)C1CCOCC1. The van der Waals surface area contributed by atoms with E-state index in [-0.39, 0.29) is 18.7 Å². The first kappa shape index (κ1) is 15.6. The zero-order chi connectivity index (χ0) is 14.4. The predicted molar refractivity (Wildman–Crippen MR) is 77.6 cm³/mol. The monoisotopic (exact) mass is 284 g/mol. The molecule has 0 aromatic carbocycles. The fourth-order valence-electron chi connectivity index (χ4n) is 2.84. The van der Waals surface area contributed by atoms with Gasteiger partial charge >= 0.3 is 6.03 Å². The van der Waals surface area contributed by atoms with Gasteiger partial charge in [0.25, 0.3) is 0 Å². The van der Waals surface area contributed by atoms with Gasteiger partial charge in [-0.1, -0.05) is 0 Å². The number of hydrogen-bond donors (Lipinski definition) is 2. The lowest BCUT2D eigenvalue weighted by Gasteiger charge is -2.31. The maximum absolute atomic E-state index is 12.4. The van der Waals surface area contributed by atoms with Crippen LogP contribution in [0.15, 0.2) is 0 Å². The van der Waals surface area contributed by atoms with Gasteiger partial charge in [0.05, 0.1) is 0 Å². The van der Waals surface area contributed by atoms with Crippen molar-refractivity contribution in [3.05, 3.63) is 0 Å². The van der Waals surface area contributed by atoms with Gasteiger partial charge in [-0.3, -0.25) is 0 Å². The highest BCUT2D eigenvalue weighted by molar-refractivity contribution is 5.75. The molecule has 5 heteroatoms. The summed E-state index contributed by atoms with van der Waals surface area (Å²) in [6.07, 6.45) is 5.97. The molecule has 0 aromatic rings. The smallest absolute Gasteiger partial charge is 0.317 e. The first-order valence-corrected chi connectivity index (χ1v) is 7.98. The Balaban J connectivity index is 1.77. The van der Waals surface area contributed by atoms with Crippen molar-refractivity contribution in [1.82, 2.24) is 10.2 Å². The summed E-state index contributed by atoms with van der Waals surface area (Å²) in [6.45, 7) is 4.70. The summed E-state index contributed by atoms with van der Waals surface area (Å²) in [5.41, 5.74) is 0. The van der Waals surface area contributed by atoms with E-state index < -0.39 is 0 Å². The molecule has 2 amide bonds. The van der Waals surface area contributed by atoms with Crippen LogP contribution in [-0.2, 0) is 4.74 Å². The minimum atomic E-state index is 0.0735. The van der Waals surface area contributed by atoms with E-state index in [0.29, 0.717) is 12.0 Å². The summed E-state index contributed by atoms with van der Waals surface area (Å²) in [7, 11) is 0. The molecule has 0 spiro atoms. The molecular formula is C15H28N2O3. The zero-order valence-corrected chi connectivity index (χ0v) is 12.5. The Hall–Kier alpha value is -0.810. The molecule has 5 nitrogen and oxygen atoms in total. The molecule has 1 aliphatic heterocycles. The second-order valence-corrected chi connectivity index (χ2v) is 6.04. The molecule has 0 aromatic heterocycles. The number of nitrogens with one attached hydrogen (secondary N) is 1. The lowest BCUT2D eigenvalue weighted by molar-refractivity contribution is 0.0561. The molecule has 20 heavy (non-hydrogen) atoms. The average Bonchev–Trinajstić information content (AvgIpc) is 3.29. The summed E-state index contributed by atoms with van der Waals surface area (Å²) in [4.78, 5) is 14.4. The van der Waals surface area contributed by atoms with Crippen molar-refractivity contribution < 1.29 is 14.6 Å². The number of unbranched alkanes of at least 4 members (excludes halogenated alkanes) is 1. The number of nitrogens with zero attached hydrogens (tertiary/aromatic N) is 1. The summed E-state index contributed by atoms with van der Waals surface area (Å²) in [5.74, 6) is 0.534. The number of aliphatic hydroxyl groups excluding tert-OH is 1. The Morgan fingerprint density at radius 1 is 1.30 bits per heavy atom. The van der Waals surface area contributed by atoms with Crippen molar-refractivity contribution >= 4 is 6.03 Å². The second-order valence-electron chi connectivity index (χ2n) is 6.04. The van der Waals surface area contributed by atoms with Crippen molar-refractivity contribution in [3.8, 4) is 0 Å². The first-order chi connectivity index (χ1) is 9.72. The molecule has 2 fully saturated rings. The van der Waals surface area contributed by atoms with Crippen LogP contribution in [0.25, 0.3) is 0 Å². The van der Waals surface area contributed by atoms with Gasteiger partial charge in [-0.15, -0.1) is 0 Å². The van der Waals surface area contributed by atoms with E-state index in [4.69, 9.17) is 9.84 Å². The number of hydrogen-bond acceptors (Lipinski definition) is 3. The van der Waals surface area contributed by atoms with Gasteiger partial charge in [0.1, 0.15) is 0 Å². The lowest BCUT2D eigenvalue weighted by Crippen LogP contribution is -2.48. The Kier molecular flexibility index (Phi) is 6.10. The molecule has 2 rings (SSSR count). The van der Waals surface area contributed by atoms with Crippen molar-refractivity contribution in [2.24, 2.45) is 5.92 Å². The Morgan fingerprint density at radius 2 is 2.00 bits per heavy atom. The van der Waals surface area contributed by atoms with E-state index in [1.54, 1.807) is 0 Å². The molecule has 2 aliphatic rings. The Bertz CT molecular complexity index is 301. The van der Waals surface area contributed by atoms with Gasteiger partial charge in [-0.05, 0) is 51.4 Å². The zero-order valence-electron chi connectivity index (χ0n) is 12.5. The van der Waals surface area contributed by atoms with Gasteiger partial charge in [0.2, 0.25) is 0 Å². The number of carbonyl (C=O) groups excluding carboxylic acids is 1. The molecule has 2 N–H and O–H groups in total. The van der Waals surface area contributed by atoms with E-state index >= 15 is 0 Å². The normalized spacial score (nSPS) is 21.5. The van der Waals surface area contributed by atoms with Crippen molar-refractivity contribution in [2.75, 3.05) is 26.4 Å². The van der Waals surface area contributed by atoms with E-state index in [0.717, 1.165) is 58.3 Å². The molecule has 1 heterocycles. The maximum Gasteiger partial charge on any atom is 0.317 e. The van der Waals surface area contributed by atoms with Crippen LogP contribution in [0.3, 0.4) is 0 Å². The van der Waals surface area contributed by atoms with E-state index in [1.165, 1.54) is 0 Å². The Labute approximate surface area is 121 Å². The second kappa shape index (κ2) is 7.84. The van der Waals surface area contributed by atoms with Gasteiger partial charge in [0.15, 0.2) is 0 Å². The van der Waals surface area contributed by atoms with Crippen LogP contribution >= 0.6 is 0 Å². The van der Waals surface area contributed by atoms with E-state index in [1.807, 2.05) is 4.90 Å². The largest absolute Gasteiger partial charge is 0.396 e. The third-order valence-corrected chi connectivity index (χ3v) is 4.38. The molecule has 1 saturated heterocycles. The lowest BCUT2D eigenvalue weighted by atomic mass is 9.93. The number of amides is 2. The van der Waals surface area contributed by atoms with Crippen LogP contribution in [-0.4, -0.2) is 54.5 Å². The number of ether oxygens (including phenoxy) is 1. The predicted octanol–water partition coefficient (Wildman–Crippen LogP) is 1.75. The average molecular weight is 284 g/mol. The van der Waals surface area contributed by atoms with Crippen LogP contribution in [0.2, 0.25) is 0 Å². The third kappa shape index (κ3) is 4.63. The van der Waals surface area contributed by atoms with Crippen molar-refractivity contribution in [3.63, 3.8) is 0 Å².